The Hall–Kier alpha value is -1.62. The first-order valence-corrected chi connectivity index (χ1v) is 3.73. The van der Waals surface area contributed by atoms with Crippen molar-refractivity contribution in [1.82, 2.24) is 4.98 Å². The predicted octanol–water partition coefficient (Wildman–Crippen LogP) is 0.249. The number of nitrogens with zero attached hydrogens (tertiary/aromatic N) is 1. The van der Waals surface area contributed by atoms with Gasteiger partial charge >= 0.3 is 0 Å². The van der Waals surface area contributed by atoms with Crippen LogP contribution in [0.3, 0.4) is 0 Å². The second-order valence-corrected chi connectivity index (χ2v) is 2.42. The molecule has 0 saturated heterocycles. The van der Waals surface area contributed by atoms with Gasteiger partial charge in [-0.15, -0.1) is 0 Å². The number of nitrogens with one attached hydrogen (secondary N) is 1. The number of rotatable bonds is 3. The van der Waals surface area contributed by atoms with Gasteiger partial charge in [-0.1, -0.05) is 0 Å². The van der Waals surface area contributed by atoms with Gasteiger partial charge in [0.15, 0.2) is 5.82 Å². The summed E-state index contributed by atoms with van der Waals surface area (Å²) in [7, 11) is 1.45. The fraction of sp³-hybridized carbons (Fsp3) is 0.250. The SMILES string of the molecule is COCC(=O)Nc1ncccc1N. The number of nitrogen functional groups attached to an aromatic ring is 1. The summed E-state index contributed by atoms with van der Waals surface area (Å²) < 4.78 is 4.64. The number of nitrogens with two attached hydrogens (primary N) is 1. The maximum Gasteiger partial charge on any atom is 0.251 e. The topological polar surface area (TPSA) is 77.2 Å². The number of aromatic nitrogens is 1. The third-order valence-corrected chi connectivity index (χ3v) is 1.37. The summed E-state index contributed by atoms with van der Waals surface area (Å²) in [4.78, 5) is 14.9. The quantitative estimate of drug-likeness (QED) is 0.700. The number of hydrogen-bond donors (Lipinski definition) is 2. The molecule has 1 heterocycles. The van der Waals surface area contributed by atoms with Crippen molar-refractivity contribution in [1.29, 1.82) is 0 Å². The Morgan fingerprint density at radius 2 is 2.54 bits per heavy atom. The lowest BCUT2D eigenvalue weighted by molar-refractivity contribution is -0.119. The van der Waals surface area contributed by atoms with E-state index in [0.717, 1.165) is 0 Å². The van der Waals surface area contributed by atoms with Crippen LogP contribution in [-0.2, 0) is 9.53 Å². The molecule has 1 aromatic heterocycles. The lowest BCUT2D eigenvalue weighted by Gasteiger charge is -2.05. The molecule has 0 radical (unpaired) electrons. The molecule has 0 atom stereocenters. The maximum atomic E-state index is 11.0. The molecule has 0 aromatic carbocycles. The molecule has 5 heteroatoms. The van der Waals surface area contributed by atoms with Crippen molar-refractivity contribution >= 4 is 17.4 Å². The highest BCUT2D eigenvalue weighted by atomic mass is 16.5. The van der Waals surface area contributed by atoms with Crippen LogP contribution in [-0.4, -0.2) is 24.6 Å². The largest absolute Gasteiger partial charge is 0.396 e. The monoisotopic (exact) mass is 181 g/mol. The fourth-order valence-corrected chi connectivity index (χ4v) is 0.821. The summed E-state index contributed by atoms with van der Waals surface area (Å²) in [5.41, 5.74) is 5.98. The summed E-state index contributed by atoms with van der Waals surface area (Å²) in [5.74, 6) is 0.0949. The summed E-state index contributed by atoms with van der Waals surface area (Å²) in [6, 6.07) is 3.36. The van der Waals surface area contributed by atoms with E-state index in [4.69, 9.17) is 5.73 Å². The molecule has 0 unspecified atom stereocenters. The van der Waals surface area contributed by atoms with Crippen LogP contribution < -0.4 is 11.1 Å². The smallest absolute Gasteiger partial charge is 0.251 e. The Morgan fingerprint density at radius 1 is 1.77 bits per heavy atom. The van der Waals surface area contributed by atoms with Crippen molar-refractivity contribution < 1.29 is 9.53 Å². The van der Waals surface area contributed by atoms with Gasteiger partial charge in [0.25, 0.3) is 5.91 Å². The number of carbonyl (C=O) groups is 1. The molecule has 5 nitrogen and oxygen atoms in total. The predicted molar refractivity (Wildman–Crippen MR) is 49.2 cm³/mol. The van der Waals surface area contributed by atoms with E-state index in [1.807, 2.05) is 0 Å². The molecule has 0 aliphatic rings. The van der Waals surface area contributed by atoms with Crippen molar-refractivity contribution in [3.8, 4) is 0 Å². The van der Waals surface area contributed by atoms with Crippen molar-refractivity contribution in [3.05, 3.63) is 18.3 Å². The summed E-state index contributed by atoms with van der Waals surface area (Å²) in [6.07, 6.45) is 1.55. The molecule has 1 rings (SSSR count). The van der Waals surface area contributed by atoms with Crippen molar-refractivity contribution in [2.24, 2.45) is 0 Å². The van der Waals surface area contributed by atoms with E-state index in [1.165, 1.54) is 7.11 Å². The molecular formula is C8H11N3O2. The van der Waals surface area contributed by atoms with Crippen LogP contribution in [0, 0.1) is 0 Å². The van der Waals surface area contributed by atoms with Gasteiger partial charge < -0.3 is 15.8 Å². The first-order chi connectivity index (χ1) is 6.24. The first-order valence-electron chi connectivity index (χ1n) is 3.73. The third kappa shape index (κ3) is 2.72. The fourth-order valence-electron chi connectivity index (χ4n) is 0.821. The zero-order chi connectivity index (χ0) is 9.68. The van der Waals surface area contributed by atoms with Crippen LogP contribution in [0.1, 0.15) is 0 Å². The van der Waals surface area contributed by atoms with Crippen molar-refractivity contribution in [2.45, 2.75) is 0 Å². The van der Waals surface area contributed by atoms with E-state index < -0.39 is 0 Å². The van der Waals surface area contributed by atoms with Crippen LogP contribution in [0.25, 0.3) is 0 Å². The van der Waals surface area contributed by atoms with Crippen LogP contribution >= 0.6 is 0 Å². The summed E-state index contributed by atoms with van der Waals surface area (Å²) in [6.45, 7) is -0.00395. The number of pyridine rings is 1. The molecule has 1 amide bonds. The highest BCUT2D eigenvalue weighted by Crippen LogP contribution is 2.12. The van der Waals surface area contributed by atoms with Gasteiger partial charge in [0.05, 0.1) is 5.69 Å². The average molecular weight is 181 g/mol. The van der Waals surface area contributed by atoms with E-state index in [9.17, 15) is 4.79 Å². The van der Waals surface area contributed by atoms with E-state index in [1.54, 1.807) is 18.3 Å². The van der Waals surface area contributed by atoms with Gasteiger partial charge in [0.2, 0.25) is 0 Å². The number of carbonyl (C=O) groups excluding carboxylic acids is 1. The maximum absolute atomic E-state index is 11.0. The average Bonchev–Trinajstić information content (AvgIpc) is 2.09. The van der Waals surface area contributed by atoms with Crippen molar-refractivity contribution in [3.63, 3.8) is 0 Å². The minimum absolute atomic E-state index is 0.00395. The van der Waals surface area contributed by atoms with Gasteiger partial charge in [-0.2, -0.15) is 0 Å². The van der Waals surface area contributed by atoms with E-state index in [2.05, 4.69) is 15.0 Å². The van der Waals surface area contributed by atoms with E-state index >= 15 is 0 Å². The van der Waals surface area contributed by atoms with Crippen LogP contribution in [0.4, 0.5) is 11.5 Å². The van der Waals surface area contributed by atoms with Gasteiger partial charge in [0, 0.05) is 13.3 Å². The lowest BCUT2D eigenvalue weighted by atomic mass is 10.4. The molecule has 1 aromatic rings. The molecule has 0 aliphatic carbocycles. The van der Waals surface area contributed by atoms with Gasteiger partial charge in [-0.3, -0.25) is 4.79 Å². The zero-order valence-electron chi connectivity index (χ0n) is 7.28. The minimum atomic E-state index is -0.270. The zero-order valence-corrected chi connectivity index (χ0v) is 7.28. The number of hydrogen-bond acceptors (Lipinski definition) is 4. The standard InChI is InChI=1S/C8H11N3O2/c1-13-5-7(12)11-8-6(9)3-2-4-10-8/h2-4H,5,9H2,1H3,(H,10,11,12). The first kappa shape index (κ1) is 9.47. The summed E-state index contributed by atoms with van der Waals surface area (Å²) >= 11 is 0. The van der Waals surface area contributed by atoms with Crippen LogP contribution in [0.5, 0.6) is 0 Å². The Kier molecular flexibility index (Phi) is 3.22. The molecule has 0 aliphatic heterocycles. The van der Waals surface area contributed by atoms with Crippen LogP contribution in [0.2, 0.25) is 0 Å². The van der Waals surface area contributed by atoms with Gasteiger partial charge in [0.1, 0.15) is 6.61 Å². The second-order valence-electron chi connectivity index (χ2n) is 2.42. The minimum Gasteiger partial charge on any atom is -0.396 e. The Morgan fingerprint density at radius 3 is 3.15 bits per heavy atom. The van der Waals surface area contributed by atoms with Crippen LogP contribution in [0.15, 0.2) is 18.3 Å². The number of ether oxygens (including phenoxy) is 1. The molecule has 0 spiro atoms. The molecule has 13 heavy (non-hydrogen) atoms. The van der Waals surface area contributed by atoms with Crippen molar-refractivity contribution in [2.75, 3.05) is 24.8 Å². The number of methoxy groups -OCH3 is 1. The molecule has 0 bridgehead atoms. The number of anilines is 2. The molecule has 0 fully saturated rings. The molecule has 70 valence electrons. The Bertz CT molecular complexity index is 301. The van der Waals surface area contributed by atoms with E-state index in [-0.39, 0.29) is 12.5 Å². The Labute approximate surface area is 75.9 Å². The van der Waals surface area contributed by atoms with Gasteiger partial charge in [-0.25, -0.2) is 4.98 Å². The second kappa shape index (κ2) is 4.42. The normalized spacial score (nSPS) is 9.62. The third-order valence-electron chi connectivity index (χ3n) is 1.37. The number of amides is 1. The lowest BCUT2D eigenvalue weighted by Crippen LogP contribution is -2.18. The molecular weight excluding hydrogens is 170 g/mol. The summed E-state index contributed by atoms with van der Waals surface area (Å²) in [5, 5.41) is 2.51. The van der Waals surface area contributed by atoms with Gasteiger partial charge in [-0.05, 0) is 12.1 Å². The van der Waals surface area contributed by atoms with E-state index in [0.29, 0.717) is 11.5 Å². The highest BCUT2D eigenvalue weighted by molar-refractivity contribution is 5.93. The Balaban J connectivity index is 2.63. The molecule has 3 N–H and O–H groups in total. The molecule has 0 saturated carbocycles. The highest BCUT2D eigenvalue weighted by Gasteiger charge is 2.04.